The predicted molar refractivity (Wildman–Crippen MR) is 55.8 cm³/mol. The van der Waals surface area contributed by atoms with Gasteiger partial charge < -0.3 is 10.5 Å². The van der Waals surface area contributed by atoms with Gasteiger partial charge in [-0.1, -0.05) is 0 Å². The van der Waals surface area contributed by atoms with Crippen LogP contribution in [-0.2, 0) is 17.8 Å². The van der Waals surface area contributed by atoms with Gasteiger partial charge in [-0.05, 0) is 20.3 Å². The Morgan fingerprint density at radius 1 is 1.57 bits per heavy atom. The zero-order chi connectivity index (χ0) is 10.6. The van der Waals surface area contributed by atoms with Crippen molar-refractivity contribution in [3.8, 4) is 0 Å². The molecule has 1 aromatic rings. The number of nitrogens with zero attached hydrogens (tertiary/aromatic N) is 2. The Balaban J connectivity index is 2.45. The van der Waals surface area contributed by atoms with Crippen molar-refractivity contribution in [3.05, 3.63) is 18.0 Å². The minimum atomic E-state index is -0.0885. The molecule has 0 aliphatic heterocycles. The fourth-order valence-corrected chi connectivity index (χ4v) is 1.12. The molecule has 0 atom stereocenters. The van der Waals surface area contributed by atoms with Crippen molar-refractivity contribution in [2.24, 2.45) is 5.73 Å². The molecule has 2 N–H and O–H groups in total. The summed E-state index contributed by atoms with van der Waals surface area (Å²) in [4.78, 5) is 0. The zero-order valence-electron chi connectivity index (χ0n) is 9.16. The molecule has 0 bridgehead atoms. The summed E-state index contributed by atoms with van der Waals surface area (Å²) in [5.74, 6) is 0. The maximum Gasteiger partial charge on any atom is 0.0640 e. The first kappa shape index (κ1) is 11.2. The van der Waals surface area contributed by atoms with Crippen LogP contribution in [0.3, 0.4) is 0 Å². The van der Waals surface area contributed by atoms with Gasteiger partial charge in [0.15, 0.2) is 0 Å². The number of hydrogen-bond donors (Lipinski definition) is 1. The molecule has 0 unspecified atom stereocenters. The quantitative estimate of drug-likeness (QED) is 0.770. The molecule has 1 rings (SSSR count). The van der Waals surface area contributed by atoms with Gasteiger partial charge in [0, 0.05) is 32.0 Å². The largest absolute Gasteiger partial charge is 0.379 e. The van der Waals surface area contributed by atoms with Crippen LogP contribution in [0.2, 0.25) is 0 Å². The lowest BCUT2D eigenvalue weighted by molar-refractivity contribution is 0.0113. The molecule has 0 aliphatic carbocycles. The van der Waals surface area contributed by atoms with Crippen LogP contribution in [0.4, 0.5) is 0 Å². The molecule has 0 fully saturated rings. The number of aryl methyl sites for hydroxylation is 1. The lowest BCUT2D eigenvalue weighted by Gasteiger charge is -2.22. The van der Waals surface area contributed by atoms with Gasteiger partial charge in [-0.15, -0.1) is 0 Å². The van der Waals surface area contributed by atoms with E-state index < -0.39 is 0 Å². The van der Waals surface area contributed by atoms with Gasteiger partial charge in [-0.2, -0.15) is 5.10 Å². The van der Waals surface area contributed by atoms with Gasteiger partial charge in [-0.3, -0.25) is 4.68 Å². The van der Waals surface area contributed by atoms with E-state index in [1.807, 2.05) is 10.9 Å². The maximum absolute atomic E-state index is 5.49. The third-order valence-corrected chi connectivity index (χ3v) is 2.42. The van der Waals surface area contributed by atoms with Crippen LogP contribution in [0.25, 0.3) is 0 Å². The molecule has 4 heteroatoms. The first-order valence-electron chi connectivity index (χ1n) is 4.84. The summed E-state index contributed by atoms with van der Waals surface area (Å²) in [5, 5.41) is 4.21. The standard InChI is InChI=1S/C10H19N3O/c1-10(2,14-3)4-5-13-8-9(6-11)7-12-13/h7-8H,4-6,11H2,1-3H3. The van der Waals surface area contributed by atoms with Gasteiger partial charge in [0.25, 0.3) is 0 Å². The summed E-state index contributed by atoms with van der Waals surface area (Å²) < 4.78 is 7.23. The van der Waals surface area contributed by atoms with Crippen LogP contribution >= 0.6 is 0 Å². The molecule has 0 saturated carbocycles. The summed E-state index contributed by atoms with van der Waals surface area (Å²) in [5.41, 5.74) is 6.47. The van der Waals surface area contributed by atoms with Crippen LogP contribution in [0, 0.1) is 0 Å². The second-order valence-electron chi connectivity index (χ2n) is 4.03. The molecule has 0 aromatic carbocycles. The molecule has 14 heavy (non-hydrogen) atoms. The molecule has 0 amide bonds. The van der Waals surface area contributed by atoms with E-state index in [4.69, 9.17) is 10.5 Å². The van der Waals surface area contributed by atoms with Gasteiger partial charge in [0.1, 0.15) is 0 Å². The smallest absolute Gasteiger partial charge is 0.0640 e. The van der Waals surface area contributed by atoms with Crippen molar-refractivity contribution < 1.29 is 4.74 Å². The van der Waals surface area contributed by atoms with E-state index in [-0.39, 0.29) is 5.60 Å². The highest BCUT2D eigenvalue weighted by Crippen LogP contribution is 2.13. The van der Waals surface area contributed by atoms with Crippen LogP contribution in [0.15, 0.2) is 12.4 Å². The number of hydrogen-bond acceptors (Lipinski definition) is 3. The summed E-state index contributed by atoms with van der Waals surface area (Å²) in [6, 6.07) is 0. The third kappa shape index (κ3) is 3.12. The number of aromatic nitrogens is 2. The number of ether oxygens (including phenoxy) is 1. The second-order valence-corrected chi connectivity index (χ2v) is 4.03. The van der Waals surface area contributed by atoms with E-state index in [2.05, 4.69) is 18.9 Å². The molecule has 0 saturated heterocycles. The average Bonchev–Trinajstić information content (AvgIpc) is 2.63. The van der Waals surface area contributed by atoms with Crippen molar-refractivity contribution in [1.82, 2.24) is 9.78 Å². The minimum absolute atomic E-state index is 0.0885. The molecule has 0 aliphatic rings. The molecule has 4 nitrogen and oxygen atoms in total. The first-order chi connectivity index (χ1) is 6.57. The zero-order valence-corrected chi connectivity index (χ0v) is 9.16. The molecule has 1 aromatic heterocycles. The van der Waals surface area contributed by atoms with Crippen molar-refractivity contribution in [3.63, 3.8) is 0 Å². The fraction of sp³-hybridized carbons (Fsp3) is 0.700. The van der Waals surface area contributed by atoms with E-state index >= 15 is 0 Å². The molecular weight excluding hydrogens is 178 g/mol. The molecular formula is C10H19N3O. The normalized spacial score (nSPS) is 12.0. The summed E-state index contributed by atoms with van der Waals surface area (Å²) in [6.45, 7) is 5.55. The van der Waals surface area contributed by atoms with Gasteiger partial charge in [0.05, 0.1) is 11.8 Å². The minimum Gasteiger partial charge on any atom is -0.379 e. The van der Waals surface area contributed by atoms with E-state index in [0.29, 0.717) is 6.54 Å². The van der Waals surface area contributed by atoms with Crippen LogP contribution in [0.1, 0.15) is 25.8 Å². The van der Waals surface area contributed by atoms with Crippen LogP contribution < -0.4 is 5.73 Å². The van der Waals surface area contributed by atoms with Crippen LogP contribution in [-0.4, -0.2) is 22.5 Å². The molecule has 0 radical (unpaired) electrons. The number of methoxy groups -OCH3 is 1. The lowest BCUT2D eigenvalue weighted by Crippen LogP contribution is -2.24. The number of rotatable bonds is 5. The Kier molecular flexibility index (Phi) is 3.66. The van der Waals surface area contributed by atoms with E-state index in [1.165, 1.54) is 0 Å². The van der Waals surface area contributed by atoms with Crippen molar-refractivity contribution in [2.75, 3.05) is 7.11 Å². The highest BCUT2D eigenvalue weighted by atomic mass is 16.5. The topological polar surface area (TPSA) is 53.1 Å². The highest BCUT2D eigenvalue weighted by molar-refractivity contribution is 5.02. The Morgan fingerprint density at radius 3 is 2.79 bits per heavy atom. The van der Waals surface area contributed by atoms with Gasteiger partial charge >= 0.3 is 0 Å². The van der Waals surface area contributed by atoms with Crippen molar-refractivity contribution in [2.45, 2.75) is 39.0 Å². The first-order valence-corrected chi connectivity index (χ1v) is 4.84. The number of nitrogens with two attached hydrogens (primary N) is 1. The second kappa shape index (κ2) is 4.57. The van der Waals surface area contributed by atoms with Gasteiger partial charge in [0.2, 0.25) is 0 Å². The van der Waals surface area contributed by atoms with Crippen molar-refractivity contribution in [1.29, 1.82) is 0 Å². The molecule has 0 spiro atoms. The van der Waals surface area contributed by atoms with Gasteiger partial charge in [-0.25, -0.2) is 0 Å². The van der Waals surface area contributed by atoms with E-state index in [0.717, 1.165) is 18.5 Å². The van der Waals surface area contributed by atoms with E-state index in [1.54, 1.807) is 13.3 Å². The third-order valence-electron chi connectivity index (χ3n) is 2.42. The Labute approximate surface area is 85.0 Å². The highest BCUT2D eigenvalue weighted by Gasteiger charge is 2.15. The van der Waals surface area contributed by atoms with Crippen molar-refractivity contribution >= 4 is 0 Å². The predicted octanol–water partition coefficient (Wildman–Crippen LogP) is 1.16. The molecule has 80 valence electrons. The maximum atomic E-state index is 5.49. The van der Waals surface area contributed by atoms with E-state index in [9.17, 15) is 0 Å². The fourth-order valence-electron chi connectivity index (χ4n) is 1.12. The Hall–Kier alpha value is -0.870. The SMILES string of the molecule is COC(C)(C)CCn1cc(CN)cn1. The molecule has 1 heterocycles. The summed E-state index contributed by atoms with van der Waals surface area (Å²) >= 11 is 0. The monoisotopic (exact) mass is 197 g/mol. The van der Waals surface area contributed by atoms with Crippen LogP contribution in [0.5, 0.6) is 0 Å². The summed E-state index contributed by atoms with van der Waals surface area (Å²) in [6.07, 6.45) is 4.72. The average molecular weight is 197 g/mol. The lowest BCUT2D eigenvalue weighted by atomic mass is 10.1. The summed E-state index contributed by atoms with van der Waals surface area (Å²) in [7, 11) is 1.73. The Bertz CT molecular complexity index is 281. The Morgan fingerprint density at radius 2 is 2.29 bits per heavy atom.